The predicted molar refractivity (Wildman–Crippen MR) is 105 cm³/mol. The van der Waals surface area contributed by atoms with Gasteiger partial charge in [0, 0.05) is 48.3 Å². The average molecular weight is 380 g/mol. The van der Waals surface area contributed by atoms with Gasteiger partial charge in [-0.2, -0.15) is 0 Å². The number of hydrogen-bond acceptors (Lipinski definition) is 7. The summed E-state index contributed by atoms with van der Waals surface area (Å²) in [6.45, 7) is 4.23. The highest BCUT2D eigenvalue weighted by atomic mass is 32.1. The minimum atomic E-state index is -0.206. The van der Waals surface area contributed by atoms with Crippen molar-refractivity contribution >= 4 is 23.2 Å². The van der Waals surface area contributed by atoms with Gasteiger partial charge in [0.25, 0.3) is 5.91 Å². The van der Waals surface area contributed by atoms with Crippen molar-refractivity contribution in [2.75, 3.05) is 18.0 Å². The summed E-state index contributed by atoms with van der Waals surface area (Å²) in [5.74, 6) is 0.467. The molecule has 27 heavy (non-hydrogen) atoms. The molecule has 0 atom stereocenters. The topological polar surface area (TPSA) is 83.9 Å². The van der Waals surface area contributed by atoms with Gasteiger partial charge in [0.1, 0.15) is 5.01 Å². The number of carbonyl (C=O) groups excluding carboxylic acids is 1. The number of rotatable bonds is 5. The molecule has 3 aromatic heterocycles. The molecule has 1 N–H and O–H groups in total. The Balaban J connectivity index is 1.63. The van der Waals surface area contributed by atoms with Crippen LogP contribution in [0.4, 0.5) is 5.95 Å². The van der Waals surface area contributed by atoms with Gasteiger partial charge in [-0.3, -0.25) is 9.78 Å². The molecule has 0 radical (unpaired) electrons. The Morgan fingerprint density at radius 2 is 2.00 bits per heavy atom. The summed E-state index contributed by atoms with van der Waals surface area (Å²) < 4.78 is 0. The van der Waals surface area contributed by atoms with E-state index in [1.807, 2.05) is 24.4 Å². The van der Waals surface area contributed by atoms with Gasteiger partial charge in [-0.25, -0.2) is 15.0 Å². The van der Waals surface area contributed by atoms with Crippen LogP contribution < -0.4 is 10.2 Å². The van der Waals surface area contributed by atoms with Crippen LogP contribution in [0.15, 0.2) is 36.1 Å². The number of nitrogens with one attached hydrogen (secondary N) is 1. The van der Waals surface area contributed by atoms with Gasteiger partial charge in [-0.05, 0) is 31.9 Å². The van der Waals surface area contributed by atoms with Gasteiger partial charge in [-0.15, -0.1) is 11.3 Å². The zero-order valence-corrected chi connectivity index (χ0v) is 15.9. The fraction of sp³-hybridized carbons (Fsp3) is 0.316. The Hall–Kier alpha value is -2.87. The third-order valence-electron chi connectivity index (χ3n) is 4.43. The number of nitrogens with zero attached hydrogens (tertiary/aromatic N) is 5. The van der Waals surface area contributed by atoms with Crippen LogP contribution in [0, 0.1) is 6.92 Å². The molecule has 3 aromatic rings. The first-order valence-corrected chi connectivity index (χ1v) is 9.80. The van der Waals surface area contributed by atoms with Crippen LogP contribution in [0.25, 0.3) is 11.3 Å². The second-order valence-electron chi connectivity index (χ2n) is 6.43. The summed E-state index contributed by atoms with van der Waals surface area (Å²) in [4.78, 5) is 32.6. The van der Waals surface area contributed by atoms with Crippen LogP contribution in [0.3, 0.4) is 0 Å². The molecule has 0 bridgehead atoms. The zero-order chi connectivity index (χ0) is 18.6. The number of hydrogen-bond donors (Lipinski definition) is 1. The number of thiazole rings is 1. The maximum atomic E-state index is 12.8. The highest BCUT2D eigenvalue weighted by Gasteiger charge is 2.20. The SMILES string of the molecule is Cc1csc(CNC(=O)c2cnc(N3CCCC3)nc2-c2ccncc2)n1. The summed E-state index contributed by atoms with van der Waals surface area (Å²) in [6.07, 6.45) is 7.31. The Morgan fingerprint density at radius 3 is 2.70 bits per heavy atom. The predicted octanol–water partition coefficient (Wildman–Crippen LogP) is 2.83. The molecular weight excluding hydrogens is 360 g/mol. The molecule has 1 aliphatic rings. The standard InChI is InChI=1S/C19H20N6OS/c1-13-12-27-16(23-13)11-21-18(26)15-10-22-19(25-8-2-3-9-25)24-17(15)14-4-6-20-7-5-14/h4-7,10,12H,2-3,8-9,11H2,1H3,(H,21,26). The molecule has 1 amide bonds. The van der Waals surface area contributed by atoms with E-state index in [1.54, 1.807) is 18.6 Å². The first-order valence-electron chi connectivity index (χ1n) is 8.92. The van der Waals surface area contributed by atoms with Crippen molar-refractivity contribution in [1.82, 2.24) is 25.3 Å². The maximum absolute atomic E-state index is 12.8. The van der Waals surface area contributed by atoms with E-state index in [1.165, 1.54) is 11.3 Å². The molecular formula is C19H20N6OS. The van der Waals surface area contributed by atoms with Crippen LogP contribution in [0.5, 0.6) is 0 Å². The van der Waals surface area contributed by atoms with Crippen molar-refractivity contribution in [3.63, 3.8) is 0 Å². The maximum Gasteiger partial charge on any atom is 0.255 e. The number of aryl methyl sites for hydroxylation is 1. The zero-order valence-electron chi connectivity index (χ0n) is 15.1. The summed E-state index contributed by atoms with van der Waals surface area (Å²) in [7, 11) is 0. The largest absolute Gasteiger partial charge is 0.345 e. The summed E-state index contributed by atoms with van der Waals surface area (Å²) in [5, 5.41) is 5.77. The Bertz CT molecular complexity index is 936. The van der Waals surface area contributed by atoms with Crippen molar-refractivity contribution in [2.24, 2.45) is 0 Å². The van der Waals surface area contributed by atoms with Gasteiger partial charge in [0.05, 0.1) is 17.8 Å². The molecule has 1 saturated heterocycles. The van der Waals surface area contributed by atoms with E-state index in [0.29, 0.717) is 23.8 Å². The lowest BCUT2D eigenvalue weighted by Gasteiger charge is -2.17. The third kappa shape index (κ3) is 3.95. The van der Waals surface area contributed by atoms with E-state index < -0.39 is 0 Å². The second kappa shape index (κ2) is 7.79. The fourth-order valence-electron chi connectivity index (χ4n) is 3.07. The average Bonchev–Trinajstić information content (AvgIpc) is 3.38. The van der Waals surface area contributed by atoms with Gasteiger partial charge in [0.15, 0.2) is 0 Å². The van der Waals surface area contributed by atoms with Crippen LogP contribution in [-0.2, 0) is 6.54 Å². The van der Waals surface area contributed by atoms with Crippen molar-refractivity contribution in [1.29, 1.82) is 0 Å². The first kappa shape index (κ1) is 17.5. The molecule has 0 aliphatic carbocycles. The first-order chi connectivity index (χ1) is 13.2. The molecule has 8 heteroatoms. The quantitative estimate of drug-likeness (QED) is 0.733. The molecule has 1 fully saturated rings. The summed E-state index contributed by atoms with van der Waals surface area (Å²) in [5.41, 5.74) is 2.89. The van der Waals surface area contributed by atoms with E-state index in [2.05, 4.69) is 25.2 Å². The third-order valence-corrected chi connectivity index (χ3v) is 5.40. The molecule has 4 rings (SSSR count). The van der Waals surface area contributed by atoms with E-state index in [0.717, 1.165) is 42.2 Å². The van der Waals surface area contributed by atoms with E-state index in [-0.39, 0.29) is 5.91 Å². The highest BCUT2D eigenvalue weighted by molar-refractivity contribution is 7.09. The minimum Gasteiger partial charge on any atom is -0.345 e. The number of carbonyl (C=O) groups is 1. The van der Waals surface area contributed by atoms with Gasteiger partial charge < -0.3 is 10.2 Å². The lowest BCUT2D eigenvalue weighted by Crippen LogP contribution is -2.26. The van der Waals surface area contributed by atoms with Crippen molar-refractivity contribution in [3.05, 3.63) is 52.4 Å². The summed E-state index contributed by atoms with van der Waals surface area (Å²) in [6, 6.07) is 3.72. The Kier molecular flexibility index (Phi) is 5.06. The number of anilines is 1. The number of amides is 1. The van der Waals surface area contributed by atoms with Crippen LogP contribution >= 0.6 is 11.3 Å². The molecule has 7 nitrogen and oxygen atoms in total. The van der Waals surface area contributed by atoms with Gasteiger partial charge >= 0.3 is 0 Å². The highest BCUT2D eigenvalue weighted by Crippen LogP contribution is 2.24. The van der Waals surface area contributed by atoms with E-state index in [4.69, 9.17) is 4.98 Å². The van der Waals surface area contributed by atoms with Crippen LogP contribution in [-0.4, -0.2) is 38.9 Å². The molecule has 0 saturated carbocycles. The molecule has 0 aromatic carbocycles. The van der Waals surface area contributed by atoms with E-state index in [9.17, 15) is 4.79 Å². The lowest BCUT2D eigenvalue weighted by molar-refractivity contribution is 0.0951. The lowest BCUT2D eigenvalue weighted by atomic mass is 10.1. The second-order valence-corrected chi connectivity index (χ2v) is 7.37. The Morgan fingerprint density at radius 1 is 1.22 bits per heavy atom. The Labute approximate surface area is 161 Å². The molecule has 138 valence electrons. The molecule has 1 aliphatic heterocycles. The van der Waals surface area contributed by atoms with Gasteiger partial charge in [-0.1, -0.05) is 0 Å². The molecule has 4 heterocycles. The smallest absolute Gasteiger partial charge is 0.255 e. The molecule has 0 unspecified atom stereocenters. The molecule has 0 spiro atoms. The monoisotopic (exact) mass is 380 g/mol. The van der Waals surface area contributed by atoms with Crippen molar-refractivity contribution in [3.8, 4) is 11.3 Å². The van der Waals surface area contributed by atoms with Crippen molar-refractivity contribution < 1.29 is 4.79 Å². The van der Waals surface area contributed by atoms with E-state index >= 15 is 0 Å². The van der Waals surface area contributed by atoms with Crippen molar-refractivity contribution in [2.45, 2.75) is 26.3 Å². The number of pyridine rings is 1. The minimum absolute atomic E-state index is 0.206. The number of aromatic nitrogens is 4. The van der Waals surface area contributed by atoms with Gasteiger partial charge in [0.2, 0.25) is 5.95 Å². The van der Waals surface area contributed by atoms with Crippen LogP contribution in [0.1, 0.15) is 33.9 Å². The van der Waals surface area contributed by atoms with Crippen LogP contribution in [0.2, 0.25) is 0 Å². The fourth-order valence-corrected chi connectivity index (χ4v) is 3.78. The normalized spacial score (nSPS) is 13.7. The summed E-state index contributed by atoms with van der Waals surface area (Å²) >= 11 is 1.53.